The number of unbranched alkanes of at least 4 members (excludes halogenated alkanes) is 12. The number of allylic oxidation sites excluding steroid dienone is 5. The van der Waals surface area contributed by atoms with Gasteiger partial charge < -0.3 is 26.2 Å². The van der Waals surface area contributed by atoms with Gasteiger partial charge in [-0.2, -0.15) is 0 Å². The second kappa shape index (κ2) is 29.4. The van der Waals surface area contributed by atoms with E-state index in [9.17, 15) is 24.5 Å². The van der Waals surface area contributed by atoms with E-state index in [2.05, 4.69) is 43.5 Å². The van der Waals surface area contributed by atoms with Crippen molar-refractivity contribution in [1.82, 2.24) is 5.32 Å². The summed E-state index contributed by atoms with van der Waals surface area (Å²) >= 11 is 0. The number of carbonyl (C=O) groups is 1. The number of nitrogens with two attached hydrogens (primary N) is 1. The third-order valence-corrected chi connectivity index (χ3v) is 7.98. The molecule has 9 nitrogen and oxygen atoms in total. The second-order valence-electron chi connectivity index (χ2n) is 11.2. The highest BCUT2D eigenvalue weighted by Gasteiger charge is 2.27. The van der Waals surface area contributed by atoms with Crippen molar-refractivity contribution in [1.29, 1.82) is 0 Å². The molecule has 0 saturated carbocycles. The molecule has 0 saturated heterocycles. The van der Waals surface area contributed by atoms with Crippen LogP contribution in [-0.4, -0.2) is 59.0 Å². The number of hydrogen-bond donors (Lipinski definition) is 5. The van der Waals surface area contributed by atoms with Gasteiger partial charge in [-0.1, -0.05) is 108 Å². The van der Waals surface area contributed by atoms with Gasteiger partial charge in [0.1, 0.15) is 0 Å². The molecule has 0 fully saturated rings. The Balaban J connectivity index is 4.50. The molecule has 252 valence electrons. The summed E-state index contributed by atoms with van der Waals surface area (Å²) in [7, 11) is -4.39. The molecule has 6 N–H and O–H groups in total. The molecular formula is C33H63N2O7P. The number of hydrogen-bond acceptors (Lipinski definition) is 7. The summed E-state index contributed by atoms with van der Waals surface area (Å²) in [5.74, 6) is -0.468. The first-order chi connectivity index (χ1) is 20.8. The third kappa shape index (κ3) is 27.9. The first kappa shape index (κ1) is 41.7. The van der Waals surface area contributed by atoms with Crippen molar-refractivity contribution in [2.75, 3.05) is 19.8 Å². The number of aliphatic hydroxyl groups excluding tert-OH is 2. The summed E-state index contributed by atoms with van der Waals surface area (Å²) in [5, 5.41) is 23.7. The molecule has 0 radical (unpaired) electrons. The summed E-state index contributed by atoms with van der Waals surface area (Å²) < 4.78 is 21.8. The Morgan fingerprint density at radius 3 is 2.00 bits per heavy atom. The molecule has 43 heavy (non-hydrogen) atoms. The predicted octanol–water partition coefficient (Wildman–Crippen LogP) is 7.02. The van der Waals surface area contributed by atoms with E-state index >= 15 is 0 Å². The van der Waals surface area contributed by atoms with Gasteiger partial charge in [-0.15, -0.1) is 0 Å². The summed E-state index contributed by atoms with van der Waals surface area (Å²) in [4.78, 5) is 22.5. The fourth-order valence-electron chi connectivity index (χ4n) is 4.40. The molecule has 0 bridgehead atoms. The van der Waals surface area contributed by atoms with Crippen molar-refractivity contribution in [2.24, 2.45) is 5.73 Å². The summed E-state index contributed by atoms with van der Waals surface area (Å²) in [6.07, 6.45) is 28.2. The number of aliphatic hydroxyl groups is 2. The zero-order valence-electron chi connectivity index (χ0n) is 27.0. The monoisotopic (exact) mass is 630 g/mol. The van der Waals surface area contributed by atoms with Crippen molar-refractivity contribution >= 4 is 13.7 Å². The van der Waals surface area contributed by atoms with Gasteiger partial charge in [0.15, 0.2) is 0 Å². The highest BCUT2D eigenvalue weighted by Crippen LogP contribution is 2.43. The Bertz CT molecular complexity index is 791. The minimum atomic E-state index is -4.39. The Kier molecular flexibility index (Phi) is 28.5. The van der Waals surface area contributed by atoms with Gasteiger partial charge >= 0.3 is 7.82 Å². The van der Waals surface area contributed by atoms with E-state index in [1.165, 1.54) is 44.6 Å². The number of phosphoric ester groups is 1. The van der Waals surface area contributed by atoms with Gasteiger partial charge in [-0.3, -0.25) is 13.8 Å². The SMILES string of the molecule is CCCC/C=C/CC/C=C/C(O)C(COP(=O)(O)OCCN)NC(=O)CC(O)CCCCCCC/C=C\CCCCCC. The standard InChI is InChI=1S/C33H63N2O7P/c1-3-5-7-9-11-13-14-15-16-17-18-20-22-24-30(36)28-33(38)35-31(29-42-43(39,40)41-27-26-34)32(37)25-23-21-19-12-10-8-6-4-2/h10,12-14,23,25,30-32,36-37H,3-9,11,15-22,24,26-29,34H2,1-2H3,(H,35,38)(H,39,40)/b12-10+,14-13-,25-23+. The largest absolute Gasteiger partial charge is 0.472 e. The van der Waals surface area contributed by atoms with Gasteiger partial charge in [-0.25, -0.2) is 4.57 Å². The zero-order chi connectivity index (χ0) is 32.0. The Morgan fingerprint density at radius 2 is 1.35 bits per heavy atom. The molecule has 0 heterocycles. The van der Waals surface area contributed by atoms with E-state index in [1.54, 1.807) is 6.08 Å². The molecule has 0 aliphatic heterocycles. The van der Waals surface area contributed by atoms with Crippen LogP contribution in [-0.2, 0) is 18.4 Å². The molecule has 0 aliphatic rings. The van der Waals surface area contributed by atoms with Gasteiger partial charge in [-0.05, 0) is 51.4 Å². The fourth-order valence-corrected chi connectivity index (χ4v) is 5.16. The Labute approximate surface area is 262 Å². The minimum absolute atomic E-state index is 0.0425. The number of phosphoric acid groups is 1. The quantitative estimate of drug-likeness (QED) is 0.0323. The molecule has 0 rings (SSSR count). The lowest BCUT2D eigenvalue weighted by Gasteiger charge is -2.24. The van der Waals surface area contributed by atoms with Crippen LogP contribution >= 0.6 is 7.82 Å². The highest BCUT2D eigenvalue weighted by molar-refractivity contribution is 7.47. The van der Waals surface area contributed by atoms with Crippen LogP contribution in [0.5, 0.6) is 0 Å². The molecule has 0 aromatic carbocycles. The topological polar surface area (TPSA) is 151 Å². The molecule has 0 spiro atoms. The van der Waals surface area contributed by atoms with Crippen LogP contribution < -0.4 is 11.1 Å². The van der Waals surface area contributed by atoms with Crippen molar-refractivity contribution < 1.29 is 33.5 Å². The normalized spacial score (nSPS) is 15.8. The maximum Gasteiger partial charge on any atom is 0.472 e. The molecule has 0 aromatic rings. The van der Waals surface area contributed by atoms with Gasteiger partial charge in [0.05, 0.1) is 37.9 Å². The first-order valence-electron chi connectivity index (χ1n) is 16.7. The first-order valence-corrected chi connectivity index (χ1v) is 18.2. The van der Waals surface area contributed by atoms with Crippen molar-refractivity contribution in [2.45, 2.75) is 148 Å². The van der Waals surface area contributed by atoms with Crippen LogP contribution in [0, 0.1) is 0 Å². The fraction of sp³-hybridized carbons (Fsp3) is 0.788. The van der Waals surface area contributed by atoms with Crippen LogP contribution in [0.3, 0.4) is 0 Å². The number of carbonyl (C=O) groups excluding carboxylic acids is 1. The smallest absolute Gasteiger partial charge is 0.393 e. The number of rotatable bonds is 30. The molecule has 4 atom stereocenters. The van der Waals surface area contributed by atoms with Crippen LogP contribution in [0.2, 0.25) is 0 Å². The zero-order valence-corrected chi connectivity index (χ0v) is 27.9. The average molecular weight is 631 g/mol. The number of nitrogens with one attached hydrogen (secondary N) is 1. The summed E-state index contributed by atoms with van der Waals surface area (Å²) in [6.45, 7) is 3.81. The van der Waals surface area contributed by atoms with Gasteiger partial charge in [0.25, 0.3) is 0 Å². The predicted molar refractivity (Wildman–Crippen MR) is 177 cm³/mol. The lowest BCUT2D eigenvalue weighted by Crippen LogP contribution is -2.46. The average Bonchev–Trinajstić information content (AvgIpc) is 2.97. The van der Waals surface area contributed by atoms with E-state index in [1.807, 2.05) is 0 Å². The molecular weight excluding hydrogens is 567 g/mol. The highest BCUT2D eigenvalue weighted by atomic mass is 31.2. The van der Waals surface area contributed by atoms with E-state index < -0.39 is 38.6 Å². The van der Waals surface area contributed by atoms with Crippen molar-refractivity contribution in [3.63, 3.8) is 0 Å². The van der Waals surface area contributed by atoms with Gasteiger partial charge in [0.2, 0.25) is 5.91 Å². The van der Waals surface area contributed by atoms with Crippen LogP contribution in [0.4, 0.5) is 0 Å². The summed E-state index contributed by atoms with van der Waals surface area (Å²) in [5.41, 5.74) is 5.31. The van der Waals surface area contributed by atoms with Crippen molar-refractivity contribution in [3.8, 4) is 0 Å². The van der Waals surface area contributed by atoms with E-state index in [0.29, 0.717) is 12.8 Å². The second-order valence-corrected chi connectivity index (χ2v) is 12.6. The Morgan fingerprint density at radius 1 is 0.791 bits per heavy atom. The molecule has 10 heteroatoms. The van der Waals surface area contributed by atoms with Gasteiger partial charge in [0, 0.05) is 6.54 Å². The van der Waals surface area contributed by atoms with Crippen LogP contribution in [0.15, 0.2) is 36.5 Å². The molecule has 0 aromatic heterocycles. The van der Waals surface area contributed by atoms with E-state index in [0.717, 1.165) is 57.8 Å². The van der Waals surface area contributed by atoms with Crippen LogP contribution in [0.1, 0.15) is 129 Å². The van der Waals surface area contributed by atoms with E-state index in [4.69, 9.17) is 14.8 Å². The molecule has 4 unspecified atom stereocenters. The number of amides is 1. The maximum absolute atomic E-state index is 12.6. The molecule has 0 aliphatic carbocycles. The lowest BCUT2D eigenvalue weighted by molar-refractivity contribution is -0.124. The third-order valence-electron chi connectivity index (χ3n) is 6.99. The minimum Gasteiger partial charge on any atom is -0.393 e. The van der Waals surface area contributed by atoms with Crippen molar-refractivity contribution in [3.05, 3.63) is 36.5 Å². The van der Waals surface area contributed by atoms with Crippen LogP contribution in [0.25, 0.3) is 0 Å². The molecule has 1 amide bonds. The van der Waals surface area contributed by atoms with E-state index in [-0.39, 0.29) is 19.6 Å². The Hall–Kier alpha value is -1.32. The summed E-state index contributed by atoms with van der Waals surface area (Å²) in [6, 6.07) is -0.997. The lowest BCUT2D eigenvalue weighted by atomic mass is 10.0. The maximum atomic E-state index is 12.6.